The molecule has 1 saturated heterocycles. The second-order valence-electron chi connectivity index (χ2n) is 11.5. The summed E-state index contributed by atoms with van der Waals surface area (Å²) < 4.78 is 5.18. The summed E-state index contributed by atoms with van der Waals surface area (Å²) in [5.41, 5.74) is 3.94. The monoisotopic (exact) mass is 641 g/mol. The maximum Gasteiger partial charge on any atom is 0.255 e. The number of rotatable bonds is 9. The van der Waals surface area contributed by atoms with Gasteiger partial charge < -0.3 is 30.1 Å². The minimum absolute atomic E-state index is 0.227. The van der Waals surface area contributed by atoms with E-state index < -0.39 is 6.04 Å². The van der Waals surface area contributed by atoms with Crippen molar-refractivity contribution in [2.75, 3.05) is 50.6 Å². The number of piperazine rings is 1. The number of anilines is 3. The van der Waals surface area contributed by atoms with Crippen molar-refractivity contribution in [1.29, 1.82) is 0 Å². The Morgan fingerprint density at radius 3 is 2.61 bits per heavy atom. The number of aromatic nitrogens is 4. The first-order chi connectivity index (χ1) is 22.2. The molecule has 3 aromatic heterocycles. The van der Waals surface area contributed by atoms with Gasteiger partial charge in [-0.25, -0.2) is 19.9 Å². The molecule has 2 amide bonds. The van der Waals surface area contributed by atoms with Crippen LogP contribution in [0.4, 0.5) is 17.5 Å². The van der Waals surface area contributed by atoms with E-state index in [0.717, 1.165) is 43.3 Å². The van der Waals surface area contributed by atoms with Crippen molar-refractivity contribution in [3.05, 3.63) is 82.8 Å². The van der Waals surface area contributed by atoms with E-state index >= 15 is 0 Å². The number of benzene rings is 1. The van der Waals surface area contributed by atoms with E-state index in [0.29, 0.717) is 45.9 Å². The van der Waals surface area contributed by atoms with Crippen LogP contribution >= 0.6 is 11.6 Å². The average Bonchev–Trinajstić information content (AvgIpc) is 3.40. The van der Waals surface area contributed by atoms with Crippen molar-refractivity contribution in [2.24, 2.45) is 0 Å². The number of amides is 2. The lowest BCUT2D eigenvalue weighted by Crippen LogP contribution is -2.46. The van der Waals surface area contributed by atoms with Gasteiger partial charge in [0.15, 0.2) is 0 Å². The molecule has 0 aliphatic carbocycles. The zero-order chi connectivity index (χ0) is 32.4. The molecule has 46 heavy (non-hydrogen) atoms. The Labute approximate surface area is 272 Å². The Kier molecular flexibility index (Phi) is 9.00. The molecule has 1 aromatic carbocycles. The lowest BCUT2D eigenvalue weighted by Gasteiger charge is -2.33. The molecule has 2 N–H and O–H groups in total. The van der Waals surface area contributed by atoms with E-state index in [4.69, 9.17) is 21.3 Å². The summed E-state index contributed by atoms with van der Waals surface area (Å²) in [5, 5.41) is 6.53. The molecule has 0 radical (unpaired) electrons. The molecule has 0 spiro atoms. The van der Waals surface area contributed by atoms with Crippen molar-refractivity contribution >= 4 is 40.9 Å². The van der Waals surface area contributed by atoms with Gasteiger partial charge in [-0.15, -0.1) is 0 Å². The summed E-state index contributed by atoms with van der Waals surface area (Å²) in [6.07, 6.45) is 3.12. The summed E-state index contributed by atoms with van der Waals surface area (Å²) in [6.45, 7) is 7.76. The molecule has 0 saturated carbocycles. The number of fused-ring (bicyclic) bond motifs is 1. The highest BCUT2D eigenvalue weighted by Gasteiger charge is 2.35. The molecule has 6 rings (SSSR count). The fourth-order valence-electron chi connectivity index (χ4n) is 5.58. The van der Waals surface area contributed by atoms with Crippen LogP contribution in [0.5, 0.6) is 5.88 Å². The number of carbonyl (C=O) groups excluding carboxylic acids is 2. The lowest BCUT2D eigenvalue weighted by molar-refractivity contribution is -0.125. The summed E-state index contributed by atoms with van der Waals surface area (Å²) in [7, 11) is 3.66. The largest absolute Gasteiger partial charge is 0.481 e. The third-order valence-electron chi connectivity index (χ3n) is 8.39. The Bertz CT molecular complexity index is 1760. The molecule has 2 aliphatic heterocycles. The van der Waals surface area contributed by atoms with Crippen LogP contribution in [0.3, 0.4) is 0 Å². The van der Waals surface area contributed by atoms with Crippen LogP contribution in [0.15, 0.2) is 60.9 Å². The van der Waals surface area contributed by atoms with Gasteiger partial charge >= 0.3 is 0 Å². The number of carbonyl (C=O) groups is 2. The topological polar surface area (TPSA) is 129 Å². The van der Waals surface area contributed by atoms with Gasteiger partial charge in [-0.2, -0.15) is 0 Å². The van der Waals surface area contributed by atoms with Crippen molar-refractivity contribution < 1.29 is 14.3 Å². The molecule has 5 heterocycles. The summed E-state index contributed by atoms with van der Waals surface area (Å²) in [4.78, 5) is 51.0. The van der Waals surface area contributed by atoms with Gasteiger partial charge in [0.2, 0.25) is 17.7 Å². The van der Waals surface area contributed by atoms with Gasteiger partial charge in [0.05, 0.1) is 35.8 Å². The second kappa shape index (κ2) is 13.3. The SMILES string of the molecule is COc1cc(Nc2ncc(Cl)c(-c3ccc4c(c3)C(=O)N([C@H](C)C(=O)N[C@H](C)c3cccc(N5CCN(C)CC5)n3)C4)n2)ccn1. The Morgan fingerprint density at radius 1 is 1.02 bits per heavy atom. The summed E-state index contributed by atoms with van der Waals surface area (Å²) >= 11 is 6.51. The predicted octanol–water partition coefficient (Wildman–Crippen LogP) is 4.31. The zero-order valence-corrected chi connectivity index (χ0v) is 27.0. The fraction of sp³-hybridized carbons (Fsp3) is 0.333. The van der Waals surface area contributed by atoms with Gasteiger partial charge in [0, 0.05) is 61.8 Å². The van der Waals surface area contributed by atoms with Crippen molar-refractivity contribution in [3.63, 3.8) is 0 Å². The highest BCUT2D eigenvalue weighted by molar-refractivity contribution is 6.33. The Morgan fingerprint density at radius 2 is 1.83 bits per heavy atom. The average molecular weight is 642 g/mol. The second-order valence-corrected chi connectivity index (χ2v) is 11.9. The third kappa shape index (κ3) is 6.58. The first kappa shape index (κ1) is 31.2. The molecular formula is C33H36ClN9O3. The van der Waals surface area contributed by atoms with Gasteiger partial charge in [-0.05, 0) is 50.7 Å². The number of ether oxygens (including phenoxy) is 1. The normalized spacial score (nSPS) is 16.2. The van der Waals surface area contributed by atoms with Crippen LogP contribution in [0.2, 0.25) is 5.02 Å². The van der Waals surface area contributed by atoms with Gasteiger partial charge in [0.1, 0.15) is 11.9 Å². The molecule has 2 aliphatic rings. The van der Waals surface area contributed by atoms with Crippen LogP contribution in [0, 0.1) is 0 Å². The molecule has 0 bridgehead atoms. The van der Waals surface area contributed by atoms with Gasteiger partial charge in [0.25, 0.3) is 5.91 Å². The quantitative estimate of drug-likeness (QED) is 0.273. The molecule has 0 unspecified atom stereocenters. The van der Waals surface area contributed by atoms with Crippen LogP contribution in [0.1, 0.15) is 41.5 Å². The standard InChI is InChI=1S/C33H36ClN9O3/c1-20(27-6-5-7-28(39-27)42-14-12-41(3)13-15-42)37-31(44)21(2)43-19-23-9-8-22(16-25(23)32(43)45)30-26(34)18-36-33(40-30)38-24-10-11-35-29(17-24)46-4/h5-11,16-18,20-21H,12-15,19H2,1-4H3,(H,37,44)(H,35,36,38,40)/t20-,21-/m1/s1. The molecule has 13 heteroatoms. The lowest BCUT2D eigenvalue weighted by atomic mass is 10.0. The van der Waals surface area contributed by atoms with Crippen LogP contribution in [0.25, 0.3) is 11.3 Å². The maximum atomic E-state index is 13.6. The molecule has 2 atom stereocenters. The highest BCUT2D eigenvalue weighted by atomic mass is 35.5. The van der Waals surface area contributed by atoms with Crippen molar-refractivity contribution in [2.45, 2.75) is 32.5 Å². The van der Waals surface area contributed by atoms with E-state index in [1.807, 2.05) is 37.3 Å². The van der Waals surface area contributed by atoms with E-state index in [9.17, 15) is 9.59 Å². The minimum atomic E-state index is -0.692. The predicted molar refractivity (Wildman–Crippen MR) is 176 cm³/mol. The number of nitrogens with one attached hydrogen (secondary N) is 2. The molecule has 1 fully saturated rings. The highest BCUT2D eigenvalue weighted by Crippen LogP contribution is 2.33. The molecular weight excluding hydrogens is 606 g/mol. The van der Waals surface area contributed by atoms with Crippen LogP contribution < -0.4 is 20.3 Å². The number of nitrogens with zero attached hydrogens (tertiary/aromatic N) is 7. The van der Waals surface area contributed by atoms with E-state index in [2.05, 4.69) is 42.4 Å². The third-order valence-corrected chi connectivity index (χ3v) is 8.67. The number of hydrogen-bond donors (Lipinski definition) is 2. The number of methoxy groups -OCH3 is 1. The molecule has 238 valence electrons. The van der Waals surface area contributed by atoms with Crippen molar-refractivity contribution in [1.82, 2.24) is 35.1 Å². The van der Waals surface area contributed by atoms with Crippen molar-refractivity contribution in [3.8, 4) is 17.1 Å². The first-order valence-corrected chi connectivity index (χ1v) is 15.5. The fourth-order valence-corrected chi connectivity index (χ4v) is 5.78. The van der Waals surface area contributed by atoms with E-state index in [-0.39, 0.29) is 17.9 Å². The minimum Gasteiger partial charge on any atom is -0.481 e. The number of likely N-dealkylation sites (N-methyl/N-ethyl adjacent to an activating group) is 1. The van der Waals surface area contributed by atoms with Gasteiger partial charge in [-0.1, -0.05) is 29.8 Å². The maximum absolute atomic E-state index is 13.6. The summed E-state index contributed by atoms with van der Waals surface area (Å²) in [5.74, 6) is 1.21. The zero-order valence-electron chi connectivity index (χ0n) is 26.2. The van der Waals surface area contributed by atoms with Crippen LogP contribution in [-0.4, -0.2) is 87.9 Å². The number of pyridine rings is 2. The Balaban J connectivity index is 1.13. The Hall–Kier alpha value is -4.81. The number of hydrogen-bond acceptors (Lipinski definition) is 10. The summed E-state index contributed by atoms with van der Waals surface area (Å²) in [6, 6.07) is 13.9. The van der Waals surface area contributed by atoms with Gasteiger partial charge in [-0.3, -0.25) is 9.59 Å². The number of halogens is 1. The van der Waals surface area contributed by atoms with E-state index in [1.165, 1.54) is 6.20 Å². The van der Waals surface area contributed by atoms with E-state index in [1.54, 1.807) is 43.3 Å². The first-order valence-electron chi connectivity index (χ1n) is 15.1. The molecule has 12 nitrogen and oxygen atoms in total. The van der Waals surface area contributed by atoms with Crippen LogP contribution in [-0.2, 0) is 11.3 Å². The molecule has 4 aromatic rings. The smallest absolute Gasteiger partial charge is 0.255 e.